The molecule has 0 amide bonds. The second-order valence-corrected chi connectivity index (χ2v) is 9.52. The standard InChI is InChI=1S/C14H25N3O2S2/c1-11-8-13(20-12(11)9-15)21(18,19)17(4)10-14(16(2)3)6-5-7-14/h8H,5-7,9-10,15H2,1-4H3. The molecule has 0 aliphatic heterocycles. The van der Waals surface area contributed by atoms with Gasteiger partial charge in [0.1, 0.15) is 4.21 Å². The number of nitrogens with zero attached hydrogens (tertiary/aromatic N) is 2. The van der Waals surface area contributed by atoms with Gasteiger partial charge in [-0.3, -0.25) is 0 Å². The fourth-order valence-corrected chi connectivity index (χ4v) is 5.73. The third-order valence-corrected chi connectivity index (χ3v) is 8.11. The summed E-state index contributed by atoms with van der Waals surface area (Å²) in [5.74, 6) is 0. The summed E-state index contributed by atoms with van der Waals surface area (Å²) in [6.45, 7) is 2.83. The number of likely N-dealkylation sites (N-methyl/N-ethyl adjacent to an activating group) is 2. The van der Waals surface area contributed by atoms with Gasteiger partial charge in [-0.1, -0.05) is 0 Å². The zero-order valence-electron chi connectivity index (χ0n) is 13.2. The number of sulfonamides is 1. The second-order valence-electron chi connectivity index (χ2n) is 6.11. The lowest BCUT2D eigenvalue weighted by Gasteiger charge is -2.48. The van der Waals surface area contributed by atoms with Crippen LogP contribution in [0.4, 0.5) is 0 Å². The molecule has 21 heavy (non-hydrogen) atoms. The van der Waals surface area contributed by atoms with Gasteiger partial charge in [0.2, 0.25) is 0 Å². The summed E-state index contributed by atoms with van der Waals surface area (Å²) >= 11 is 1.29. The summed E-state index contributed by atoms with van der Waals surface area (Å²) in [5.41, 5.74) is 6.60. The van der Waals surface area contributed by atoms with Crippen molar-refractivity contribution in [2.24, 2.45) is 5.73 Å². The molecule has 2 N–H and O–H groups in total. The Labute approximate surface area is 131 Å². The number of aryl methyl sites for hydroxylation is 1. The Balaban J connectivity index is 2.22. The highest BCUT2D eigenvalue weighted by molar-refractivity contribution is 7.91. The first-order valence-electron chi connectivity index (χ1n) is 7.16. The first kappa shape index (κ1) is 16.9. The molecule has 1 fully saturated rings. The van der Waals surface area contributed by atoms with Crippen LogP contribution in [-0.4, -0.2) is 50.8 Å². The largest absolute Gasteiger partial charge is 0.326 e. The quantitative estimate of drug-likeness (QED) is 0.860. The van der Waals surface area contributed by atoms with Crippen molar-refractivity contribution in [1.82, 2.24) is 9.21 Å². The van der Waals surface area contributed by atoms with E-state index in [2.05, 4.69) is 4.90 Å². The minimum Gasteiger partial charge on any atom is -0.326 e. The van der Waals surface area contributed by atoms with Crippen LogP contribution in [0.25, 0.3) is 0 Å². The van der Waals surface area contributed by atoms with Gasteiger partial charge < -0.3 is 10.6 Å². The minimum absolute atomic E-state index is 0.00911. The number of rotatable bonds is 6. The van der Waals surface area contributed by atoms with Crippen molar-refractivity contribution in [3.05, 3.63) is 16.5 Å². The molecule has 0 aromatic carbocycles. The van der Waals surface area contributed by atoms with E-state index in [1.807, 2.05) is 21.0 Å². The van der Waals surface area contributed by atoms with Crippen LogP contribution in [0.3, 0.4) is 0 Å². The van der Waals surface area contributed by atoms with E-state index in [0.717, 1.165) is 23.3 Å². The molecule has 1 aromatic rings. The van der Waals surface area contributed by atoms with E-state index in [1.54, 1.807) is 13.1 Å². The molecule has 1 aromatic heterocycles. The Morgan fingerprint density at radius 2 is 1.95 bits per heavy atom. The minimum atomic E-state index is -3.42. The summed E-state index contributed by atoms with van der Waals surface area (Å²) in [4.78, 5) is 3.10. The van der Waals surface area contributed by atoms with Crippen molar-refractivity contribution in [3.63, 3.8) is 0 Å². The fourth-order valence-electron chi connectivity index (χ4n) is 2.80. The molecule has 0 radical (unpaired) electrons. The van der Waals surface area contributed by atoms with E-state index < -0.39 is 10.0 Å². The van der Waals surface area contributed by atoms with E-state index in [1.165, 1.54) is 22.1 Å². The third-order valence-electron chi connectivity index (χ3n) is 4.60. The maximum absolute atomic E-state index is 12.7. The van der Waals surface area contributed by atoms with Crippen molar-refractivity contribution in [3.8, 4) is 0 Å². The van der Waals surface area contributed by atoms with Gasteiger partial charge in [0.25, 0.3) is 10.0 Å². The van der Waals surface area contributed by atoms with Crippen LogP contribution in [-0.2, 0) is 16.6 Å². The lowest BCUT2D eigenvalue weighted by molar-refractivity contribution is 0.0455. The Bertz CT molecular complexity index is 604. The molecule has 7 heteroatoms. The monoisotopic (exact) mass is 331 g/mol. The lowest BCUT2D eigenvalue weighted by atomic mass is 9.75. The van der Waals surface area contributed by atoms with Gasteiger partial charge in [0, 0.05) is 30.6 Å². The Morgan fingerprint density at radius 1 is 1.33 bits per heavy atom. The highest BCUT2D eigenvalue weighted by Gasteiger charge is 2.42. The fraction of sp³-hybridized carbons (Fsp3) is 0.714. The maximum Gasteiger partial charge on any atom is 0.252 e. The van der Waals surface area contributed by atoms with Crippen LogP contribution < -0.4 is 5.73 Å². The van der Waals surface area contributed by atoms with Crippen molar-refractivity contribution in [2.75, 3.05) is 27.7 Å². The van der Waals surface area contributed by atoms with Gasteiger partial charge >= 0.3 is 0 Å². The van der Waals surface area contributed by atoms with Crippen LogP contribution in [0, 0.1) is 6.92 Å². The predicted octanol–water partition coefficient (Wildman–Crippen LogP) is 1.62. The summed E-state index contributed by atoms with van der Waals surface area (Å²) in [5, 5.41) is 0. The summed E-state index contributed by atoms with van der Waals surface area (Å²) in [6, 6.07) is 1.74. The SMILES string of the molecule is Cc1cc(S(=O)(=O)N(C)CC2(N(C)C)CCC2)sc1CN. The predicted molar refractivity (Wildman–Crippen MR) is 87.0 cm³/mol. The van der Waals surface area contributed by atoms with Crippen LogP contribution >= 0.6 is 11.3 Å². The molecule has 1 aliphatic rings. The van der Waals surface area contributed by atoms with Crippen molar-refractivity contribution < 1.29 is 8.42 Å². The van der Waals surface area contributed by atoms with Crippen molar-refractivity contribution >= 4 is 21.4 Å². The molecule has 1 saturated carbocycles. The Kier molecular flexibility index (Phi) is 4.80. The Hall–Kier alpha value is -0.470. The Morgan fingerprint density at radius 3 is 2.33 bits per heavy atom. The maximum atomic E-state index is 12.7. The number of thiophene rings is 1. The summed E-state index contributed by atoms with van der Waals surface area (Å²) in [7, 11) is 2.31. The van der Waals surface area contributed by atoms with Crippen LogP contribution in [0.1, 0.15) is 29.7 Å². The van der Waals surface area contributed by atoms with E-state index >= 15 is 0 Å². The van der Waals surface area contributed by atoms with Gasteiger partial charge in [-0.25, -0.2) is 8.42 Å². The molecule has 0 spiro atoms. The van der Waals surface area contributed by atoms with Crippen LogP contribution in [0.5, 0.6) is 0 Å². The molecule has 120 valence electrons. The molecule has 0 atom stereocenters. The molecule has 1 heterocycles. The van der Waals surface area contributed by atoms with Gasteiger partial charge in [0.15, 0.2) is 0 Å². The van der Waals surface area contributed by atoms with Gasteiger partial charge in [-0.2, -0.15) is 4.31 Å². The molecule has 1 aliphatic carbocycles. The summed E-state index contributed by atoms with van der Waals surface area (Å²) in [6.07, 6.45) is 3.27. The molecule has 5 nitrogen and oxygen atoms in total. The van der Waals surface area contributed by atoms with E-state index in [-0.39, 0.29) is 5.54 Å². The topological polar surface area (TPSA) is 66.6 Å². The highest BCUT2D eigenvalue weighted by atomic mass is 32.2. The van der Waals surface area contributed by atoms with Crippen LogP contribution in [0.2, 0.25) is 0 Å². The first-order chi connectivity index (χ1) is 9.73. The molecule has 0 unspecified atom stereocenters. The molecular weight excluding hydrogens is 306 g/mol. The third kappa shape index (κ3) is 3.03. The molecular formula is C14H25N3O2S2. The second kappa shape index (κ2) is 5.96. The summed E-state index contributed by atoms with van der Waals surface area (Å²) < 4.78 is 27.4. The smallest absolute Gasteiger partial charge is 0.252 e. The number of hydrogen-bond donors (Lipinski definition) is 1. The molecule has 0 saturated heterocycles. The zero-order chi connectivity index (χ0) is 15.8. The zero-order valence-corrected chi connectivity index (χ0v) is 14.9. The van der Waals surface area contributed by atoms with E-state index in [4.69, 9.17) is 5.73 Å². The van der Waals surface area contributed by atoms with E-state index in [9.17, 15) is 8.42 Å². The molecule has 2 rings (SSSR count). The van der Waals surface area contributed by atoms with E-state index in [0.29, 0.717) is 17.3 Å². The van der Waals surface area contributed by atoms with Gasteiger partial charge in [0.05, 0.1) is 0 Å². The first-order valence-corrected chi connectivity index (χ1v) is 9.42. The molecule has 0 bridgehead atoms. The average molecular weight is 332 g/mol. The van der Waals surface area contributed by atoms with Crippen molar-refractivity contribution in [1.29, 1.82) is 0 Å². The van der Waals surface area contributed by atoms with Crippen LogP contribution in [0.15, 0.2) is 10.3 Å². The van der Waals surface area contributed by atoms with Gasteiger partial charge in [-0.05, 0) is 51.9 Å². The number of hydrogen-bond acceptors (Lipinski definition) is 5. The lowest BCUT2D eigenvalue weighted by Crippen LogP contribution is -2.57. The average Bonchev–Trinajstić information content (AvgIpc) is 2.74. The normalized spacial score (nSPS) is 18.2. The van der Waals surface area contributed by atoms with Gasteiger partial charge in [-0.15, -0.1) is 11.3 Å². The number of nitrogens with two attached hydrogens (primary N) is 1. The highest BCUT2D eigenvalue weighted by Crippen LogP contribution is 2.38. The van der Waals surface area contributed by atoms with Crippen molar-refractivity contribution in [2.45, 2.75) is 42.5 Å².